The number of alkyl halides is 3. The van der Waals surface area contributed by atoms with Gasteiger partial charge in [0, 0.05) is 54.7 Å². The second kappa shape index (κ2) is 15.0. The van der Waals surface area contributed by atoms with Gasteiger partial charge in [-0.25, -0.2) is 19.6 Å². The van der Waals surface area contributed by atoms with Gasteiger partial charge in [-0.1, -0.05) is 55.1 Å². The van der Waals surface area contributed by atoms with Gasteiger partial charge >= 0.3 is 6.18 Å². The van der Waals surface area contributed by atoms with Crippen molar-refractivity contribution in [3.05, 3.63) is 66.5 Å². The highest BCUT2D eigenvalue weighted by atomic mass is 32.2. The molecule has 4 aromatic rings. The number of rotatable bonds is 6. The van der Waals surface area contributed by atoms with Crippen LogP contribution in [-0.2, 0) is 6.42 Å². The molecule has 2 aliphatic heterocycles. The molecular weight excluding hydrogens is 658 g/mol. The van der Waals surface area contributed by atoms with E-state index in [9.17, 15) is 13.2 Å². The third-order valence-corrected chi connectivity index (χ3v) is 10.6. The lowest BCUT2D eigenvalue weighted by Gasteiger charge is -2.27. The summed E-state index contributed by atoms with van der Waals surface area (Å²) in [6.07, 6.45) is 5.24. The molecule has 1 atom stereocenters. The van der Waals surface area contributed by atoms with Gasteiger partial charge in [-0.05, 0) is 64.3 Å². The van der Waals surface area contributed by atoms with Crippen LogP contribution in [0.15, 0.2) is 66.0 Å². The number of benzene rings is 1. The molecule has 0 amide bonds. The summed E-state index contributed by atoms with van der Waals surface area (Å²) in [5.74, 6) is 2.05. The monoisotopic (exact) mass is 698 g/mol. The van der Waals surface area contributed by atoms with Crippen LogP contribution in [0.1, 0.15) is 51.5 Å². The van der Waals surface area contributed by atoms with Crippen molar-refractivity contribution in [1.82, 2.24) is 29.0 Å². The summed E-state index contributed by atoms with van der Waals surface area (Å²) in [7, 11) is 2.16. The molecule has 256 valence electrons. The fourth-order valence-corrected chi connectivity index (χ4v) is 7.43. The standard InChI is InChI=1S/C34H41F3N8OS2/c1-33(2,34(35,36)37)23-46-29-17-20-45(41-29)32-31-26-13-8-7-12-24(26)11-6-4-5-9-18-44(22-25-16-19-43(3)48-25)28-14-10-15-30(40-28)47-42-27(39-31)21-38-32/h7-8,10,12-15,17,20-21,25H,4-6,9,11,16,18-19,22-23H2,1-3H3,(H,39,42). The maximum atomic E-state index is 13.4. The van der Waals surface area contributed by atoms with Crippen LogP contribution in [0.3, 0.4) is 0 Å². The van der Waals surface area contributed by atoms with Crippen molar-refractivity contribution in [3.63, 3.8) is 0 Å². The molecule has 0 radical (unpaired) electrons. The van der Waals surface area contributed by atoms with Gasteiger partial charge in [0.05, 0.1) is 11.6 Å². The number of halogens is 3. The van der Waals surface area contributed by atoms with Crippen molar-refractivity contribution < 1.29 is 17.9 Å². The second-order valence-corrected chi connectivity index (χ2v) is 15.2. The minimum absolute atomic E-state index is 0.0789. The normalized spacial score (nSPS) is 18.2. The molecule has 5 heterocycles. The predicted octanol–water partition coefficient (Wildman–Crippen LogP) is 8.09. The van der Waals surface area contributed by atoms with Gasteiger partial charge in [0.15, 0.2) is 11.6 Å². The lowest BCUT2D eigenvalue weighted by Crippen LogP contribution is -2.37. The number of aryl methyl sites for hydroxylation is 1. The molecule has 0 spiro atoms. The van der Waals surface area contributed by atoms with E-state index in [0.717, 1.165) is 87.6 Å². The number of aromatic nitrogens is 5. The zero-order valence-corrected chi connectivity index (χ0v) is 29.0. The number of fused-ring (bicyclic) bond motifs is 6. The van der Waals surface area contributed by atoms with Gasteiger partial charge in [0.2, 0.25) is 5.88 Å². The van der Waals surface area contributed by atoms with Crippen LogP contribution >= 0.6 is 23.9 Å². The van der Waals surface area contributed by atoms with Gasteiger partial charge < -0.3 is 14.4 Å². The second-order valence-electron chi connectivity index (χ2n) is 12.9. The average Bonchev–Trinajstić information content (AvgIpc) is 3.72. The summed E-state index contributed by atoms with van der Waals surface area (Å²) < 4.78 is 52.9. The van der Waals surface area contributed by atoms with Crippen LogP contribution in [0.4, 0.5) is 24.8 Å². The van der Waals surface area contributed by atoms with E-state index in [2.05, 4.69) is 38.2 Å². The Morgan fingerprint density at radius 2 is 1.81 bits per heavy atom. The molecule has 1 N–H and O–H groups in total. The molecule has 4 bridgehead atoms. The third kappa shape index (κ3) is 8.38. The minimum atomic E-state index is -4.40. The number of anilines is 2. The van der Waals surface area contributed by atoms with Crippen LogP contribution in [-0.4, -0.2) is 73.8 Å². The maximum Gasteiger partial charge on any atom is 0.397 e. The largest absolute Gasteiger partial charge is 0.476 e. The summed E-state index contributed by atoms with van der Waals surface area (Å²) in [6.45, 7) is 4.69. The molecular formula is C34H41F3N8OS2. The summed E-state index contributed by atoms with van der Waals surface area (Å²) in [5.41, 5.74) is 0.663. The summed E-state index contributed by atoms with van der Waals surface area (Å²) in [6, 6.07) is 15.8. The number of nitrogens with zero attached hydrogens (tertiary/aromatic N) is 7. The zero-order valence-electron chi connectivity index (χ0n) is 27.4. The van der Waals surface area contributed by atoms with Crippen LogP contribution < -0.4 is 14.4 Å². The molecule has 48 heavy (non-hydrogen) atoms. The maximum absolute atomic E-state index is 13.4. The zero-order chi connectivity index (χ0) is 33.7. The van der Waals surface area contributed by atoms with Crippen LogP contribution in [0, 0.1) is 5.41 Å². The number of hydrogen-bond acceptors (Lipinski definition) is 10. The minimum Gasteiger partial charge on any atom is -0.476 e. The van der Waals surface area contributed by atoms with Gasteiger partial charge in [-0.2, -0.15) is 13.2 Å². The van der Waals surface area contributed by atoms with Crippen LogP contribution in [0.25, 0.3) is 17.1 Å². The third-order valence-electron chi connectivity index (χ3n) is 8.59. The lowest BCUT2D eigenvalue weighted by atomic mass is 9.94. The molecule has 1 aromatic carbocycles. The van der Waals surface area contributed by atoms with Crippen LogP contribution in [0.2, 0.25) is 0 Å². The van der Waals surface area contributed by atoms with E-state index in [4.69, 9.17) is 19.7 Å². The molecule has 1 unspecified atom stereocenters. The van der Waals surface area contributed by atoms with Crippen molar-refractivity contribution in [3.8, 4) is 23.0 Å². The molecule has 0 aliphatic carbocycles. The van der Waals surface area contributed by atoms with E-state index in [1.54, 1.807) is 18.5 Å². The highest BCUT2D eigenvalue weighted by molar-refractivity contribution is 8.00. The van der Waals surface area contributed by atoms with Crippen molar-refractivity contribution in [2.24, 2.45) is 5.41 Å². The number of ether oxygens (including phenoxy) is 1. The first-order valence-corrected chi connectivity index (χ1v) is 17.9. The molecule has 3 aromatic heterocycles. The highest BCUT2D eigenvalue weighted by Crippen LogP contribution is 2.38. The van der Waals surface area contributed by atoms with E-state index in [1.807, 2.05) is 42.3 Å². The Kier molecular flexibility index (Phi) is 10.7. The Balaban J connectivity index is 1.29. The smallest absolute Gasteiger partial charge is 0.397 e. The lowest BCUT2D eigenvalue weighted by molar-refractivity contribution is -0.219. The van der Waals surface area contributed by atoms with Crippen molar-refractivity contribution in [2.75, 3.05) is 42.9 Å². The van der Waals surface area contributed by atoms with Crippen molar-refractivity contribution in [2.45, 2.75) is 68.8 Å². The first kappa shape index (κ1) is 34.4. The van der Waals surface area contributed by atoms with E-state index < -0.39 is 18.2 Å². The van der Waals surface area contributed by atoms with E-state index in [-0.39, 0.29) is 5.88 Å². The summed E-state index contributed by atoms with van der Waals surface area (Å²) in [5, 5.41) is 5.81. The predicted molar refractivity (Wildman–Crippen MR) is 187 cm³/mol. The molecule has 14 heteroatoms. The van der Waals surface area contributed by atoms with Crippen molar-refractivity contribution in [1.29, 1.82) is 0 Å². The fourth-order valence-electron chi connectivity index (χ4n) is 5.66. The molecule has 0 saturated carbocycles. The Labute approximate surface area is 288 Å². The molecule has 1 fully saturated rings. The molecule has 6 rings (SSSR count). The Bertz CT molecular complexity index is 1680. The molecule has 1 saturated heterocycles. The molecule has 9 nitrogen and oxygen atoms in total. The summed E-state index contributed by atoms with van der Waals surface area (Å²) >= 11 is 3.31. The number of hydrogen-bond donors (Lipinski definition) is 1. The molecule has 2 aliphatic rings. The van der Waals surface area contributed by atoms with Crippen molar-refractivity contribution >= 4 is 35.5 Å². The van der Waals surface area contributed by atoms with Gasteiger partial charge in [0.25, 0.3) is 0 Å². The Hall–Kier alpha value is -3.49. The Morgan fingerprint density at radius 1 is 0.979 bits per heavy atom. The number of pyridine rings is 1. The van der Waals surface area contributed by atoms with Gasteiger partial charge in [-0.15, -0.1) is 5.10 Å². The van der Waals surface area contributed by atoms with E-state index in [0.29, 0.717) is 22.6 Å². The first-order valence-electron chi connectivity index (χ1n) is 16.3. The van der Waals surface area contributed by atoms with Gasteiger partial charge in [0.1, 0.15) is 23.1 Å². The summed E-state index contributed by atoms with van der Waals surface area (Å²) in [4.78, 5) is 17.2. The first-order chi connectivity index (χ1) is 23.1. The van der Waals surface area contributed by atoms with Gasteiger partial charge in [-0.3, -0.25) is 4.31 Å². The topological polar surface area (TPSA) is 84.2 Å². The average molecular weight is 699 g/mol. The highest BCUT2D eigenvalue weighted by Gasteiger charge is 2.48. The SMILES string of the molecule is CN1CCC(CN2CCCCCCc3ccccc3-c3nc(cnc3-n3ccc(OCC(C)(C)C(F)(F)F)n3)NSc3cccc2n3)S1. The van der Waals surface area contributed by atoms with Crippen LogP contribution in [0.5, 0.6) is 5.88 Å². The Morgan fingerprint density at radius 3 is 2.62 bits per heavy atom. The number of nitrogens with one attached hydrogen (secondary N) is 1. The fraction of sp³-hybridized carbons (Fsp3) is 0.471. The van der Waals surface area contributed by atoms with E-state index in [1.165, 1.54) is 23.1 Å². The van der Waals surface area contributed by atoms with E-state index >= 15 is 0 Å². The quantitative estimate of drug-likeness (QED) is 0.200.